The van der Waals surface area contributed by atoms with Gasteiger partial charge in [0.1, 0.15) is 0 Å². The van der Waals surface area contributed by atoms with Gasteiger partial charge in [-0.25, -0.2) is 0 Å². The molecule has 3 aliphatic heterocycles. The normalized spacial score (nSPS) is 49.5. The second kappa shape index (κ2) is 6.61. The van der Waals surface area contributed by atoms with E-state index < -0.39 is 0 Å². The highest BCUT2D eigenvalue weighted by atomic mass is 16.7. The molecule has 0 aromatic heterocycles. The van der Waals surface area contributed by atoms with Gasteiger partial charge in [0.15, 0.2) is 0 Å². The van der Waals surface area contributed by atoms with Crippen LogP contribution < -0.4 is 0 Å². The molecule has 8 atom stereocenters. The summed E-state index contributed by atoms with van der Waals surface area (Å²) in [7, 11) is 0. The molecule has 0 amide bonds. The van der Waals surface area contributed by atoms with Crippen LogP contribution in [-0.4, -0.2) is 29.4 Å². The second-order valence-electron chi connectivity index (χ2n) is 13.0. The Kier molecular flexibility index (Phi) is 4.23. The highest BCUT2D eigenvalue weighted by Crippen LogP contribution is 2.84. The zero-order valence-electron chi connectivity index (χ0n) is 20.3. The molecule has 1 spiro atoms. The van der Waals surface area contributed by atoms with Crippen LogP contribution in [0.1, 0.15) is 84.1 Å². The van der Waals surface area contributed by atoms with Crippen LogP contribution in [0.25, 0.3) is 0 Å². The van der Waals surface area contributed by atoms with Crippen LogP contribution in [0.2, 0.25) is 0 Å². The zero-order chi connectivity index (χ0) is 21.8. The van der Waals surface area contributed by atoms with E-state index in [4.69, 9.17) is 9.57 Å². The predicted molar refractivity (Wildman–Crippen MR) is 126 cm³/mol. The third kappa shape index (κ3) is 2.25. The van der Waals surface area contributed by atoms with Crippen LogP contribution in [-0.2, 0) is 16.2 Å². The molecule has 1 aromatic rings. The molecule has 6 bridgehead atoms. The van der Waals surface area contributed by atoms with Gasteiger partial charge in [-0.1, -0.05) is 43.7 Å². The molecule has 32 heavy (non-hydrogen) atoms. The molecule has 7 aliphatic rings. The van der Waals surface area contributed by atoms with Gasteiger partial charge in [-0.3, -0.25) is 4.84 Å². The van der Waals surface area contributed by atoms with E-state index in [1.54, 1.807) is 0 Å². The molecule has 0 radical (unpaired) electrons. The van der Waals surface area contributed by atoms with Gasteiger partial charge in [0.2, 0.25) is 0 Å². The standard InChI is InChI=1S/C29H41NO2/c1-26(2)21-12-16-27(3)22-13-17-28-14-7-11-23(28)29(27,25(21)30(32-26)24(22)28)15-8-18-31-19-20-9-5-4-6-10-20/h4-6,9-10,21-25H,7-8,11-19H2,1-3H3/t21-,22?,23+,24+,25+,27-,28+,29-/m0/s1. The largest absolute Gasteiger partial charge is 0.377 e. The van der Waals surface area contributed by atoms with Crippen molar-refractivity contribution >= 4 is 0 Å². The molecular formula is C29H41NO2. The Morgan fingerprint density at radius 1 is 0.969 bits per heavy atom. The monoisotopic (exact) mass is 435 g/mol. The molecule has 3 heterocycles. The molecule has 8 rings (SSSR count). The van der Waals surface area contributed by atoms with Crippen LogP contribution >= 0.6 is 0 Å². The quantitative estimate of drug-likeness (QED) is 0.484. The Morgan fingerprint density at radius 2 is 1.78 bits per heavy atom. The van der Waals surface area contributed by atoms with E-state index >= 15 is 0 Å². The number of benzene rings is 1. The SMILES string of the molecule is CC1(C)ON2[C@@H]3C4CC[C@@]35CCC[C@H]5[C@@]3(CCCOCc5ccccc5)[C@H]2[C@@H]1CC[C@@]43C. The number of ether oxygens (including phenoxy) is 1. The van der Waals surface area contributed by atoms with E-state index in [2.05, 4.69) is 56.2 Å². The first-order valence-electron chi connectivity index (χ1n) is 13.5. The van der Waals surface area contributed by atoms with Crippen LogP contribution in [0.15, 0.2) is 30.3 Å². The fourth-order valence-electron chi connectivity index (χ4n) is 11.0. The van der Waals surface area contributed by atoms with Crippen LogP contribution in [0.4, 0.5) is 0 Å². The Labute approximate surface area is 194 Å². The summed E-state index contributed by atoms with van der Waals surface area (Å²) in [4.78, 5) is 6.96. The van der Waals surface area contributed by atoms with Gasteiger partial charge in [0.05, 0.1) is 12.2 Å². The maximum Gasteiger partial charge on any atom is 0.0888 e. The van der Waals surface area contributed by atoms with Gasteiger partial charge in [-0.15, -0.1) is 0 Å². The van der Waals surface area contributed by atoms with Gasteiger partial charge < -0.3 is 4.74 Å². The average Bonchev–Trinajstić information content (AvgIpc) is 3.44. The number of piperidine rings is 2. The smallest absolute Gasteiger partial charge is 0.0888 e. The van der Waals surface area contributed by atoms with Crippen molar-refractivity contribution in [3.63, 3.8) is 0 Å². The van der Waals surface area contributed by atoms with E-state index in [0.717, 1.165) is 25.0 Å². The van der Waals surface area contributed by atoms with E-state index in [9.17, 15) is 0 Å². The van der Waals surface area contributed by atoms with Gasteiger partial charge in [0.25, 0.3) is 0 Å². The Hall–Kier alpha value is -0.900. The Morgan fingerprint density at radius 3 is 2.62 bits per heavy atom. The fourth-order valence-corrected chi connectivity index (χ4v) is 11.0. The summed E-state index contributed by atoms with van der Waals surface area (Å²) in [5.74, 6) is 2.45. The van der Waals surface area contributed by atoms with Crippen molar-refractivity contribution in [2.45, 2.75) is 103 Å². The Bertz CT molecular complexity index is 900. The van der Waals surface area contributed by atoms with E-state index in [1.807, 2.05) is 0 Å². The molecule has 3 nitrogen and oxygen atoms in total. The fraction of sp³-hybridized carbons (Fsp3) is 0.793. The molecule has 1 aromatic carbocycles. The van der Waals surface area contributed by atoms with Crippen molar-refractivity contribution in [1.82, 2.24) is 5.06 Å². The number of hydroxylamine groups is 2. The molecular weight excluding hydrogens is 394 g/mol. The van der Waals surface area contributed by atoms with Crippen LogP contribution in [0.5, 0.6) is 0 Å². The summed E-state index contributed by atoms with van der Waals surface area (Å²) in [5, 5.41) is 2.68. The summed E-state index contributed by atoms with van der Waals surface area (Å²) >= 11 is 0. The maximum absolute atomic E-state index is 6.96. The minimum atomic E-state index is -0.00162. The lowest BCUT2D eigenvalue weighted by Gasteiger charge is -2.75. The molecule has 3 heteroatoms. The lowest BCUT2D eigenvalue weighted by Crippen LogP contribution is -2.79. The highest BCUT2D eigenvalue weighted by Gasteiger charge is 2.84. The highest BCUT2D eigenvalue weighted by molar-refractivity contribution is 5.32. The minimum Gasteiger partial charge on any atom is -0.377 e. The lowest BCUT2D eigenvalue weighted by atomic mass is 9.33. The zero-order valence-corrected chi connectivity index (χ0v) is 20.3. The topological polar surface area (TPSA) is 21.7 Å². The number of hydrogen-bond donors (Lipinski definition) is 0. The summed E-state index contributed by atoms with van der Waals surface area (Å²) in [6.45, 7) is 9.16. The van der Waals surface area contributed by atoms with Crippen molar-refractivity contribution in [2.24, 2.45) is 34.0 Å². The van der Waals surface area contributed by atoms with Crippen LogP contribution in [0, 0.1) is 34.0 Å². The summed E-state index contributed by atoms with van der Waals surface area (Å²) in [6.07, 6.45) is 12.6. The maximum atomic E-state index is 6.96. The third-order valence-corrected chi connectivity index (χ3v) is 11.9. The molecule has 1 unspecified atom stereocenters. The van der Waals surface area contributed by atoms with Crippen molar-refractivity contribution in [3.8, 4) is 0 Å². The minimum absolute atomic E-state index is 0.00162. The van der Waals surface area contributed by atoms with Crippen molar-refractivity contribution in [1.29, 1.82) is 0 Å². The van der Waals surface area contributed by atoms with Crippen molar-refractivity contribution in [3.05, 3.63) is 35.9 Å². The summed E-state index contributed by atoms with van der Waals surface area (Å²) in [5.41, 5.74) is 2.76. The average molecular weight is 436 g/mol. The predicted octanol–water partition coefficient (Wildman–Crippen LogP) is 6.37. The number of hydrogen-bond acceptors (Lipinski definition) is 3. The van der Waals surface area contributed by atoms with Gasteiger partial charge in [-0.2, -0.15) is 5.06 Å². The lowest BCUT2D eigenvalue weighted by molar-refractivity contribution is -0.356. The van der Waals surface area contributed by atoms with E-state index in [0.29, 0.717) is 34.2 Å². The third-order valence-electron chi connectivity index (χ3n) is 11.9. The van der Waals surface area contributed by atoms with Gasteiger partial charge in [0, 0.05) is 24.6 Å². The first-order valence-corrected chi connectivity index (χ1v) is 13.5. The second-order valence-corrected chi connectivity index (χ2v) is 13.0. The first kappa shape index (κ1) is 20.5. The molecule has 0 N–H and O–H groups in total. The number of rotatable bonds is 6. The van der Waals surface area contributed by atoms with Crippen molar-refractivity contribution < 1.29 is 9.57 Å². The first-order chi connectivity index (χ1) is 15.4. The number of nitrogens with zero attached hydrogens (tertiary/aromatic N) is 1. The Balaban J connectivity index is 1.22. The van der Waals surface area contributed by atoms with Crippen LogP contribution in [0.3, 0.4) is 0 Å². The molecule has 7 fully saturated rings. The summed E-state index contributed by atoms with van der Waals surface area (Å²) in [6, 6.07) is 12.0. The molecule has 3 saturated heterocycles. The molecule has 4 saturated carbocycles. The van der Waals surface area contributed by atoms with E-state index in [-0.39, 0.29) is 5.60 Å². The van der Waals surface area contributed by atoms with E-state index in [1.165, 1.54) is 63.4 Å². The summed E-state index contributed by atoms with van der Waals surface area (Å²) < 4.78 is 6.21. The molecule has 174 valence electrons. The van der Waals surface area contributed by atoms with Gasteiger partial charge in [-0.05, 0) is 98.9 Å². The molecule has 4 aliphatic carbocycles. The van der Waals surface area contributed by atoms with Gasteiger partial charge >= 0.3 is 0 Å². The van der Waals surface area contributed by atoms with Crippen molar-refractivity contribution in [2.75, 3.05) is 6.61 Å².